The fraction of sp³-hybridized carbons (Fsp3) is 0.250. The molecule has 1 aromatic heterocycles. The zero-order chi connectivity index (χ0) is 19.3. The molecule has 0 unspecified atom stereocenters. The van der Waals surface area contributed by atoms with Crippen LogP contribution in [0.1, 0.15) is 23.1 Å². The summed E-state index contributed by atoms with van der Waals surface area (Å²) in [6.45, 7) is 0.308. The molecule has 0 atom stereocenters. The number of aryl methyl sites for hydroxylation is 1. The molecule has 3 aromatic rings. The lowest BCUT2D eigenvalue weighted by atomic mass is 10.1. The van der Waals surface area contributed by atoms with Gasteiger partial charge in [0.15, 0.2) is 0 Å². The second-order valence-corrected chi connectivity index (χ2v) is 8.29. The molecular weight excluding hydrogens is 362 g/mol. The number of aromatic amines is 1. The molecule has 7 heteroatoms. The smallest absolute Gasteiger partial charge is 0.220 e. The quantitative estimate of drug-likeness (QED) is 0.556. The average molecular weight is 385 g/mol. The number of sulfonamides is 1. The van der Waals surface area contributed by atoms with E-state index in [1.165, 1.54) is 7.05 Å². The van der Waals surface area contributed by atoms with Crippen LogP contribution in [0, 0.1) is 0 Å². The Morgan fingerprint density at radius 1 is 1.00 bits per heavy atom. The summed E-state index contributed by atoms with van der Waals surface area (Å²) >= 11 is 0. The minimum atomic E-state index is -3.36. The highest BCUT2D eigenvalue weighted by atomic mass is 32.2. The van der Waals surface area contributed by atoms with E-state index in [0.29, 0.717) is 24.9 Å². The van der Waals surface area contributed by atoms with Crippen LogP contribution in [-0.4, -0.2) is 26.4 Å². The van der Waals surface area contributed by atoms with E-state index < -0.39 is 10.0 Å². The van der Waals surface area contributed by atoms with Crippen molar-refractivity contribution in [2.45, 2.75) is 25.1 Å². The van der Waals surface area contributed by atoms with Gasteiger partial charge in [0.1, 0.15) is 0 Å². The molecule has 0 spiro atoms. The maximum Gasteiger partial charge on any atom is 0.220 e. The highest BCUT2D eigenvalue weighted by molar-refractivity contribution is 7.88. The van der Waals surface area contributed by atoms with Crippen LogP contribution in [0.2, 0.25) is 0 Å². The van der Waals surface area contributed by atoms with E-state index in [1.54, 1.807) is 12.1 Å². The Morgan fingerprint density at radius 3 is 2.48 bits per heavy atom. The van der Waals surface area contributed by atoms with Crippen molar-refractivity contribution in [2.75, 3.05) is 7.05 Å². The Kier molecular flexibility index (Phi) is 5.93. The molecule has 1 heterocycles. The maximum absolute atomic E-state index is 12.2. The molecule has 0 aliphatic carbocycles. The lowest BCUT2D eigenvalue weighted by Gasteiger charge is -2.11. The van der Waals surface area contributed by atoms with E-state index in [1.807, 2.05) is 42.6 Å². The molecule has 3 N–H and O–H groups in total. The average Bonchev–Trinajstić information content (AvgIpc) is 3.08. The van der Waals surface area contributed by atoms with Crippen molar-refractivity contribution in [3.63, 3.8) is 0 Å². The SMILES string of the molecule is CNS(=O)(=O)Cc1ccccc1CNC(=O)CCc1c[nH]c2ccccc12. The first-order valence-corrected chi connectivity index (χ1v) is 10.4. The van der Waals surface area contributed by atoms with Gasteiger partial charge in [-0.1, -0.05) is 42.5 Å². The van der Waals surface area contributed by atoms with E-state index in [-0.39, 0.29) is 11.7 Å². The summed E-state index contributed by atoms with van der Waals surface area (Å²) in [4.78, 5) is 15.5. The Labute approximate surface area is 159 Å². The third-order valence-electron chi connectivity index (χ3n) is 4.55. The second kappa shape index (κ2) is 8.37. The third kappa shape index (κ3) is 4.96. The Balaban J connectivity index is 1.58. The van der Waals surface area contributed by atoms with Gasteiger partial charge in [-0.15, -0.1) is 0 Å². The minimum Gasteiger partial charge on any atom is -0.361 e. The first-order chi connectivity index (χ1) is 13.0. The molecule has 27 heavy (non-hydrogen) atoms. The molecule has 0 saturated heterocycles. The van der Waals surface area contributed by atoms with Crippen LogP contribution in [0.3, 0.4) is 0 Å². The van der Waals surface area contributed by atoms with Crippen LogP contribution in [-0.2, 0) is 33.5 Å². The third-order valence-corrected chi connectivity index (χ3v) is 5.86. The molecule has 1 amide bonds. The van der Waals surface area contributed by atoms with Crippen LogP contribution in [0.5, 0.6) is 0 Å². The molecule has 2 aromatic carbocycles. The zero-order valence-corrected chi connectivity index (χ0v) is 16.0. The van der Waals surface area contributed by atoms with Gasteiger partial charge in [0.25, 0.3) is 0 Å². The highest BCUT2D eigenvalue weighted by Gasteiger charge is 2.13. The van der Waals surface area contributed by atoms with Gasteiger partial charge in [-0.3, -0.25) is 4.79 Å². The van der Waals surface area contributed by atoms with E-state index in [9.17, 15) is 13.2 Å². The summed E-state index contributed by atoms with van der Waals surface area (Å²) in [5, 5.41) is 4.02. The van der Waals surface area contributed by atoms with Crippen molar-refractivity contribution in [1.82, 2.24) is 15.0 Å². The van der Waals surface area contributed by atoms with Crippen molar-refractivity contribution in [1.29, 1.82) is 0 Å². The van der Waals surface area contributed by atoms with Gasteiger partial charge in [0.05, 0.1) is 5.75 Å². The number of aromatic nitrogens is 1. The van der Waals surface area contributed by atoms with Crippen LogP contribution in [0.15, 0.2) is 54.7 Å². The molecule has 0 saturated carbocycles. The van der Waals surface area contributed by atoms with Crippen molar-refractivity contribution in [2.24, 2.45) is 0 Å². The van der Waals surface area contributed by atoms with Gasteiger partial charge in [-0.2, -0.15) is 0 Å². The number of H-pyrrole nitrogens is 1. The zero-order valence-electron chi connectivity index (χ0n) is 15.2. The molecule has 3 rings (SSSR count). The number of amides is 1. The Bertz CT molecular complexity index is 1040. The van der Waals surface area contributed by atoms with Gasteiger partial charge in [-0.05, 0) is 36.2 Å². The predicted octanol–water partition coefficient (Wildman–Crippen LogP) is 2.47. The summed E-state index contributed by atoms with van der Waals surface area (Å²) < 4.78 is 25.9. The van der Waals surface area contributed by atoms with Crippen LogP contribution < -0.4 is 10.0 Å². The Morgan fingerprint density at radius 2 is 1.70 bits per heavy atom. The second-order valence-electron chi connectivity index (χ2n) is 6.37. The van der Waals surface area contributed by atoms with E-state index in [0.717, 1.165) is 22.0 Å². The van der Waals surface area contributed by atoms with Crippen LogP contribution in [0.4, 0.5) is 0 Å². The standard InChI is InChI=1S/C20H23N3O3S/c1-21-27(25,26)14-17-7-3-2-6-15(17)12-23-20(24)11-10-16-13-22-19-9-5-4-8-18(16)19/h2-9,13,21-22H,10-12,14H2,1H3,(H,23,24). The largest absolute Gasteiger partial charge is 0.361 e. The summed E-state index contributed by atoms with van der Waals surface area (Å²) in [6.07, 6.45) is 2.96. The van der Waals surface area contributed by atoms with E-state index in [2.05, 4.69) is 15.0 Å². The van der Waals surface area contributed by atoms with Gasteiger partial charge in [0, 0.05) is 30.1 Å². The molecule has 0 fully saturated rings. The maximum atomic E-state index is 12.2. The van der Waals surface area contributed by atoms with Crippen molar-refractivity contribution < 1.29 is 13.2 Å². The number of carbonyl (C=O) groups is 1. The number of rotatable bonds is 8. The van der Waals surface area contributed by atoms with E-state index >= 15 is 0 Å². The molecular formula is C20H23N3O3S. The molecule has 0 aliphatic heterocycles. The van der Waals surface area contributed by atoms with Crippen molar-refractivity contribution in [3.8, 4) is 0 Å². The lowest BCUT2D eigenvalue weighted by molar-refractivity contribution is -0.121. The molecule has 0 aliphatic rings. The number of carbonyl (C=O) groups excluding carboxylic acids is 1. The van der Waals surface area contributed by atoms with Gasteiger partial charge >= 0.3 is 0 Å². The van der Waals surface area contributed by atoms with Gasteiger partial charge in [0.2, 0.25) is 15.9 Å². The summed E-state index contributed by atoms with van der Waals surface area (Å²) in [6, 6.07) is 15.2. The summed E-state index contributed by atoms with van der Waals surface area (Å²) in [5.41, 5.74) is 3.66. The normalized spacial score (nSPS) is 11.6. The number of hydrogen-bond donors (Lipinski definition) is 3. The van der Waals surface area contributed by atoms with Crippen molar-refractivity contribution >= 4 is 26.8 Å². The first-order valence-electron chi connectivity index (χ1n) is 8.78. The number of hydrogen-bond acceptors (Lipinski definition) is 3. The predicted molar refractivity (Wildman–Crippen MR) is 107 cm³/mol. The minimum absolute atomic E-state index is 0.0634. The molecule has 0 radical (unpaired) electrons. The lowest BCUT2D eigenvalue weighted by Crippen LogP contribution is -2.25. The first kappa shape index (κ1) is 19.1. The highest BCUT2D eigenvalue weighted by Crippen LogP contribution is 2.19. The number of para-hydroxylation sites is 1. The topological polar surface area (TPSA) is 91.1 Å². The fourth-order valence-corrected chi connectivity index (χ4v) is 3.85. The summed E-state index contributed by atoms with van der Waals surface area (Å²) in [7, 11) is -1.97. The van der Waals surface area contributed by atoms with Gasteiger partial charge < -0.3 is 10.3 Å². The molecule has 6 nitrogen and oxygen atoms in total. The number of fused-ring (bicyclic) bond motifs is 1. The monoisotopic (exact) mass is 385 g/mol. The van der Waals surface area contributed by atoms with Crippen LogP contribution >= 0.6 is 0 Å². The fourth-order valence-electron chi connectivity index (χ4n) is 3.02. The van der Waals surface area contributed by atoms with Gasteiger partial charge in [-0.25, -0.2) is 13.1 Å². The van der Waals surface area contributed by atoms with Crippen molar-refractivity contribution in [3.05, 3.63) is 71.4 Å². The Hall–Kier alpha value is -2.64. The number of benzene rings is 2. The van der Waals surface area contributed by atoms with E-state index in [4.69, 9.17) is 0 Å². The summed E-state index contributed by atoms with van der Waals surface area (Å²) in [5.74, 6) is -0.170. The number of nitrogens with one attached hydrogen (secondary N) is 3. The molecule has 0 bridgehead atoms. The van der Waals surface area contributed by atoms with Crippen LogP contribution in [0.25, 0.3) is 10.9 Å². The molecule has 142 valence electrons.